The molecule has 0 aromatic carbocycles. The van der Waals surface area contributed by atoms with Crippen LogP contribution in [0.4, 0.5) is 0 Å². The van der Waals surface area contributed by atoms with Crippen molar-refractivity contribution in [3.63, 3.8) is 0 Å². The van der Waals surface area contributed by atoms with Gasteiger partial charge in [0, 0.05) is 0 Å². The van der Waals surface area contributed by atoms with E-state index in [1.54, 1.807) is 5.57 Å². The molecule has 0 aromatic heterocycles. The van der Waals surface area contributed by atoms with Crippen LogP contribution in [0.3, 0.4) is 0 Å². The van der Waals surface area contributed by atoms with E-state index in [-0.39, 0.29) is 0 Å². The molecular weight excluding hydrogens is 192 g/mol. The Kier molecular flexibility index (Phi) is 9.77. The van der Waals surface area contributed by atoms with Gasteiger partial charge >= 0.3 is 0 Å². The SMILES string of the molecule is CC/C=C(\C)CCCC(C)CCCC(C)C. The number of allylic oxidation sites excluding steroid dienone is 2. The van der Waals surface area contributed by atoms with E-state index in [9.17, 15) is 0 Å². The lowest BCUT2D eigenvalue weighted by molar-refractivity contribution is 0.427. The molecule has 16 heavy (non-hydrogen) atoms. The van der Waals surface area contributed by atoms with Crippen molar-refractivity contribution in [1.29, 1.82) is 0 Å². The second-order valence-corrected chi connectivity index (χ2v) is 5.78. The molecule has 0 radical (unpaired) electrons. The second-order valence-electron chi connectivity index (χ2n) is 5.78. The Morgan fingerprint density at radius 1 is 1.00 bits per heavy atom. The van der Waals surface area contributed by atoms with Gasteiger partial charge in [-0.25, -0.2) is 0 Å². The summed E-state index contributed by atoms with van der Waals surface area (Å²) < 4.78 is 0. The second kappa shape index (κ2) is 9.93. The fraction of sp³-hybridized carbons (Fsp3) is 0.875. The standard InChI is InChI=1S/C16H32/c1-6-9-15(4)12-8-13-16(5)11-7-10-14(2)3/h9,14,16H,6-8,10-13H2,1-5H3/b15-9+. The van der Waals surface area contributed by atoms with Gasteiger partial charge in [0.2, 0.25) is 0 Å². The van der Waals surface area contributed by atoms with E-state index < -0.39 is 0 Å². The molecule has 0 aromatic rings. The first kappa shape index (κ1) is 15.7. The Morgan fingerprint density at radius 3 is 2.19 bits per heavy atom. The molecule has 0 bridgehead atoms. The zero-order chi connectivity index (χ0) is 12.4. The van der Waals surface area contributed by atoms with E-state index in [0.717, 1.165) is 11.8 Å². The minimum absolute atomic E-state index is 0.877. The molecule has 1 atom stereocenters. The summed E-state index contributed by atoms with van der Waals surface area (Å²) in [4.78, 5) is 0. The van der Waals surface area contributed by atoms with Gasteiger partial charge in [0.25, 0.3) is 0 Å². The zero-order valence-electron chi connectivity index (χ0n) is 12.2. The molecule has 1 unspecified atom stereocenters. The Balaban J connectivity index is 3.43. The van der Waals surface area contributed by atoms with E-state index in [0.29, 0.717) is 0 Å². The van der Waals surface area contributed by atoms with Crippen molar-refractivity contribution < 1.29 is 0 Å². The smallest absolute Gasteiger partial charge is 0.0323 e. The normalized spacial score (nSPS) is 14.5. The Morgan fingerprint density at radius 2 is 1.62 bits per heavy atom. The summed E-state index contributed by atoms with van der Waals surface area (Å²) in [5.41, 5.74) is 1.58. The molecule has 0 saturated heterocycles. The van der Waals surface area contributed by atoms with Gasteiger partial charge in [-0.15, -0.1) is 0 Å². The highest BCUT2D eigenvalue weighted by atomic mass is 14.1. The molecule has 0 N–H and O–H groups in total. The van der Waals surface area contributed by atoms with Crippen molar-refractivity contribution in [1.82, 2.24) is 0 Å². The van der Waals surface area contributed by atoms with Gasteiger partial charge in [0.05, 0.1) is 0 Å². The van der Waals surface area contributed by atoms with Crippen LogP contribution in [-0.4, -0.2) is 0 Å². The lowest BCUT2D eigenvalue weighted by atomic mass is 9.94. The lowest BCUT2D eigenvalue weighted by Gasteiger charge is -2.12. The van der Waals surface area contributed by atoms with Crippen LogP contribution in [0.5, 0.6) is 0 Å². The first-order valence-corrected chi connectivity index (χ1v) is 7.21. The highest BCUT2D eigenvalue weighted by Crippen LogP contribution is 2.19. The van der Waals surface area contributed by atoms with Gasteiger partial charge in [-0.2, -0.15) is 0 Å². The summed E-state index contributed by atoms with van der Waals surface area (Å²) >= 11 is 0. The Hall–Kier alpha value is -0.260. The van der Waals surface area contributed by atoms with Gasteiger partial charge in [-0.1, -0.05) is 65.0 Å². The summed E-state index contributed by atoms with van der Waals surface area (Å²) in [5, 5.41) is 0. The molecule has 0 aliphatic carbocycles. The number of rotatable bonds is 9. The predicted molar refractivity (Wildman–Crippen MR) is 75.8 cm³/mol. The third-order valence-corrected chi connectivity index (χ3v) is 3.30. The molecule has 0 heterocycles. The van der Waals surface area contributed by atoms with Crippen LogP contribution in [0.15, 0.2) is 11.6 Å². The number of hydrogen-bond acceptors (Lipinski definition) is 0. The summed E-state index contributed by atoms with van der Waals surface area (Å²) in [7, 11) is 0. The van der Waals surface area contributed by atoms with Crippen LogP contribution >= 0.6 is 0 Å². The van der Waals surface area contributed by atoms with Crippen molar-refractivity contribution in [3.05, 3.63) is 11.6 Å². The van der Waals surface area contributed by atoms with E-state index in [1.165, 1.54) is 44.9 Å². The highest BCUT2D eigenvalue weighted by Gasteiger charge is 2.03. The number of hydrogen-bond donors (Lipinski definition) is 0. The highest BCUT2D eigenvalue weighted by molar-refractivity contribution is 4.96. The molecule has 0 fully saturated rings. The van der Waals surface area contributed by atoms with Crippen molar-refractivity contribution in [2.75, 3.05) is 0 Å². The first-order chi connectivity index (χ1) is 7.56. The molecule has 0 amide bonds. The van der Waals surface area contributed by atoms with E-state index in [4.69, 9.17) is 0 Å². The van der Waals surface area contributed by atoms with Gasteiger partial charge in [-0.05, 0) is 38.0 Å². The van der Waals surface area contributed by atoms with Crippen molar-refractivity contribution in [2.24, 2.45) is 11.8 Å². The summed E-state index contributed by atoms with van der Waals surface area (Å²) in [6.45, 7) is 11.6. The average Bonchev–Trinajstić information content (AvgIpc) is 2.17. The fourth-order valence-corrected chi connectivity index (χ4v) is 2.20. The quantitative estimate of drug-likeness (QED) is 0.423. The predicted octanol–water partition coefficient (Wildman–Crippen LogP) is 5.98. The molecule has 0 heteroatoms. The van der Waals surface area contributed by atoms with E-state index in [1.807, 2.05) is 0 Å². The summed E-state index contributed by atoms with van der Waals surface area (Å²) in [5.74, 6) is 1.80. The van der Waals surface area contributed by atoms with Gasteiger partial charge in [0.1, 0.15) is 0 Å². The largest absolute Gasteiger partial charge is 0.0859 e. The molecular formula is C16H32. The van der Waals surface area contributed by atoms with Crippen LogP contribution in [0.25, 0.3) is 0 Å². The van der Waals surface area contributed by atoms with Crippen molar-refractivity contribution >= 4 is 0 Å². The third kappa shape index (κ3) is 10.3. The van der Waals surface area contributed by atoms with E-state index >= 15 is 0 Å². The molecule has 0 nitrogen and oxygen atoms in total. The summed E-state index contributed by atoms with van der Waals surface area (Å²) in [6, 6.07) is 0. The summed E-state index contributed by atoms with van der Waals surface area (Å²) in [6.07, 6.45) is 11.9. The molecule has 0 spiro atoms. The molecule has 0 saturated carbocycles. The van der Waals surface area contributed by atoms with Gasteiger partial charge < -0.3 is 0 Å². The minimum atomic E-state index is 0.877. The van der Waals surface area contributed by atoms with Crippen LogP contribution in [-0.2, 0) is 0 Å². The molecule has 0 rings (SSSR count). The average molecular weight is 224 g/mol. The van der Waals surface area contributed by atoms with Gasteiger partial charge in [-0.3, -0.25) is 0 Å². The van der Waals surface area contributed by atoms with Crippen LogP contribution in [0.1, 0.15) is 79.6 Å². The van der Waals surface area contributed by atoms with Crippen molar-refractivity contribution in [2.45, 2.75) is 79.6 Å². The molecule has 0 aliphatic heterocycles. The molecule has 96 valence electrons. The van der Waals surface area contributed by atoms with Crippen LogP contribution in [0, 0.1) is 11.8 Å². The van der Waals surface area contributed by atoms with Crippen LogP contribution in [0.2, 0.25) is 0 Å². The lowest BCUT2D eigenvalue weighted by Crippen LogP contribution is -1.97. The minimum Gasteiger partial charge on any atom is -0.0859 e. The van der Waals surface area contributed by atoms with E-state index in [2.05, 4.69) is 40.7 Å². The Bertz CT molecular complexity index is 176. The first-order valence-electron chi connectivity index (χ1n) is 7.21. The monoisotopic (exact) mass is 224 g/mol. The third-order valence-electron chi connectivity index (χ3n) is 3.30. The zero-order valence-corrected chi connectivity index (χ0v) is 12.2. The molecule has 0 aliphatic rings. The maximum Gasteiger partial charge on any atom is -0.0323 e. The maximum absolute atomic E-state index is 2.42. The topological polar surface area (TPSA) is 0 Å². The Labute approximate surface area is 104 Å². The maximum atomic E-state index is 2.42. The van der Waals surface area contributed by atoms with Crippen molar-refractivity contribution in [3.8, 4) is 0 Å². The van der Waals surface area contributed by atoms with Crippen LogP contribution < -0.4 is 0 Å². The fourth-order valence-electron chi connectivity index (χ4n) is 2.20. The van der Waals surface area contributed by atoms with Gasteiger partial charge in [0.15, 0.2) is 0 Å².